The predicted molar refractivity (Wildman–Crippen MR) is 71.7 cm³/mol. The third-order valence-corrected chi connectivity index (χ3v) is 2.72. The van der Waals surface area contributed by atoms with Crippen molar-refractivity contribution >= 4 is 17.6 Å². The highest BCUT2D eigenvalue weighted by Crippen LogP contribution is 2.23. The van der Waals surface area contributed by atoms with Crippen molar-refractivity contribution in [1.29, 1.82) is 0 Å². The van der Waals surface area contributed by atoms with Crippen molar-refractivity contribution in [3.8, 4) is 0 Å². The Balaban J connectivity index is 2.84. The van der Waals surface area contributed by atoms with Gasteiger partial charge >= 0.3 is 12.1 Å². The monoisotopic (exact) mass is 334 g/mol. The minimum atomic E-state index is -4.84. The fraction of sp³-hybridized carbons (Fsp3) is 0.385. The molecule has 0 aromatic heterocycles. The number of non-ortho nitro benzene ring substituents is 1. The van der Waals surface area contributed by atoms with E-state index in [1.165, 1.54) is 6.92 Å². The van der Waals surface area contributed by atoms with Gasteiger partial charge in [-0.05, 0) is 19.1 Å². The van der Waals surface area contributed by atoms with E-state index in [2.05, 4.69) is 4.74 Å². The van der Waals surface area contributed by atoms with Crippen molar-refractivity contribution in [1.82, 2.24) is 5.32 Å². The molecule has 0 saturated carbocycles. The maximum absolute atomic E-state index is 12.9. The lowest BCUT2D eigenvalue weighted by atomic mass is 10.1. The number of carbonyl (C=O) groups excluding carboxylic acids is 2. The van der Waals surface area contributed by atoms with Crippen LogP contribution in [0.2, 0.25) is 0 Å². The fourth-order valence-electron chi connectivity index (χ4n) is 1.61. The Kier molecular flexibility index (Phi) is 6.05. The molecule has 0 unspecified atom stereocenters. The zero-order valence-electron chi connectivity index (χ0n) is 11.9. The van der Waals surface area contributed by atoms with Crippen molar-refractivity contribution in [3.63, 3.8) is 0 Å². The molecule has 0 spiro atoms. The Morgan fingerprint density at radius 3 is 2.30 bits per heavy atom. The number of nitrogens with one attached hydrogen (secondary N) is 1. The van der Waals surface area contributed by atoms with Crippen molar-refractivity contribution in [2.75, 3.05) is 6.61 Å². The van der Waals surface area contributed by atoms with E-state index in [1.54, 1.807) is 5.32 Å². The first kappa shape index (κ1) is 18.4. The van der Waals surface area contributed by atoms with Crippen LogP contribution < -0.4 is 5.32 Å². The lowest BCUT2D eigenvalue weighted by Crippen LogP contribution is -2.46. The third-order valence-electron chi connectivity index (χ3n) is 2.72. The van der Waals surface area contributed by atoms with Gasteiger partial charge in [-0.15, -0.1) is 0 Å². The van der Waals surface area contributed by atoms with Crippen LogP contribution in [-0.2, 0) is 9.53 Å². The molecular formula is C13H13F3N2O5. The van der Waals surface area contributed by atoms with Crippen LogP contribution in [0.25, 0.3) is 0 Å². The lowest BCUT2D eigenvalue weighted by Gasteiger charge is -2.20. The van der Waals surface area contributed by atoms with Crippen molar-refractivity contribution < 1.29 is 32.4 Å². The summed E-state index contributed by atoms with van der Waals surface area (Å²) in [5.41, 5.74) is -0.505. The van der Waals surface area contributed by atoms with Gasteiger partial charge in [0.15, 0.2) is 0 Å². The smallest absolute Gasteiger partial charge is 0.409 e. The standard InChI is InChI=1S/C13H13F3N2O5/c1-2-23-11(19)7-10(13(14,15)16)17-12(20)8-3-5-9(6-4-8)18(21)22/h3-6,10H,2,7H2,1H3,(H,17,20)/t10-/m1/s1. The van der Waals surface area contributed by atoms with Gasteiger partial charge in [0.1, 0.15) is 6.04 Å². The number of hydrogen-bond acceptors (Lipinski definition) is 5. The summed E-state index contributed by atoms with van der Waals surface area (Å²) in [7, 11) is 0. The second-order valence-electron chi connectivity index (χ2n) is 4.38. The third kappa shape index (κ3) is 5.57. The number of halogens is 3. The number of nitro groups is 1. The van der Waals surface area contributed by atoms with Gasteiger partial charge in [-0.3, -0.25) is 19.7 Å². The molecule has 10 heteroatoms. The molecule has 0 bridgehead atoms. The number of amides is 1. The Morgan fingerprint density at radius 2 is 1.87 bits per heavy atom. The largest absolute Gasteiger partial charge is 0.466 e. The number of rotatable bonds is 6. The molecule has 1 amide bonds. The van der Waals surface area contributed by atoms with Crippen molar-refractivity contribution in [2.45, 2.75) is 25.6 Å². The van der Waals surface area contributed by atoms with E-state index < -0.39 is 35.4 Å². The molecule has 126 valence electrons. The Bertz CT molecular complexity index is 586. The lowest BCUT2D eigenvalue weighted by molar-refractivity contribution is -0.384. The average molecular weight is 334 g/mol. The van der Waals surface area contributed by atoms with Crippen LogP contribution in [0, 0.1) is 10.1 Å². The molecule has 0 saturated heterocycles. The zero-order valence-corrected chi connectivity index (χ0v) is 11.9. The second-order valence-corrected chi connectivity index (χ2v) is 4.38. The van der Waals surface area contributed by atoms with Crippen LogP contribution in [0.4, 0.5) is 18.9 Å². The van der Waals surface area contributed by atoms with Gasteiger partial charge in [-0.1, -0.05) is 0 Å². The number of nitrogens with zero attached hydrogens (tertiary/aromatic N) is 1. The number of ether oxygens (including phenoxy) is 1. The second kappa shape index (κ2) is 7.56. The summed E-state index contributed by atoms with van der Waals surface area (Å²) < 4.78 is 43.0. The van der Waals surface area contributed by atoms with Gasteiger partial charge in [0.2, 0.25) is 0 Å². The molecule has 0 aliphatic heterocycles. The van der Waals surface area contributed by atoms with Crippen LogP contribution in [0.1, 0.15) is 23.7 Å². The maximum atomic E-state index is 12.9. The van der Waals surface area contributed by atoms with E-state index in [-0.39, 0.29) is 17.9 Å². The van der Waals surface area contributed by atoms with Crippen LogP contribution in [0.15, 0.2) is 24.3 Å². The number of benzene rings is 1. The SMILES string of the molecule is CCOC(=O)C[C@@H](NC(=O)c1ccc([N+](=O)[O-])cc1)C(F)(F)F. The van der Waals surface area contributed by atoms with Gasteiger partial charge in [-0.2, -0.15) is 13.2 Å². The molecule has 0 fully saturated rings. The van der Waals surface area contributed by atoms with E-state index in [4.69, 9.17) is 0 Å². The molecule has 1 atom stereocenters. The zero-order chi connectivity index (χ0) is 17.6. The van der Waals surface area contributed by atoms with E-state index >= 15 is 0 Å². The van der Waals surface area contributed by atoms with Crippen LogP contribution in [0.5, 0.6) is 0 Å². The molecule has 1 aromatic carbocycles. The summed E-state index contributed by atoms with van der Waals surface area (Å²) in [5, 5.41) is 12.2. The van der Waals surface area contributed by atoms with Crippen LogP contribution in [0.3, 0.4) is 0 Å². The van der Waals surface area contributed by atoms with Crippen LogP contribution in [-0.4, -0.2) is 35.6 Å². The topological polar surface area (TPSA) is 98.5 Å². The summed E-state index contributed by atoms with van der Waals surface area (Å²) in [5.74, 6) is -2.20. The van der Waals surface area contributed by atoms with E-state index in [1.807, 2.05) is 0 Å². The highest BCUT2D eigenvalue weighted by Gasteiger charge is 2.42. The molecule has 1 rings (SSSR count). The van der Waals surface area contributed by atoms with Gasteiger partial charge in [0.05, 0.1) is 18.0 Å². The Morgan fingerprint density at radius 1 is 1.30 bits per heavy atom. The highest BCUT2D eigenvalue weighted by atomic mass is 19.4. The van der Waals surface area contributed by atoms with Gasteiger partial charge in [-0.25, -0.2) is 0 Å². The van der Waals surface area contributed by atoms with Crippen molar-refractivity contribution in [2.24, 2.45) is 0 Å². The number of nitro benzene ring substituents is 1. The Hall–Kier alpha value is -2.65. The van der Waals surface area contributed by atoms with E-state index in [9.17, 15) is 32.9 Å². The highest BCUT2D eigenvalue weighted by molar-refractivity contribution is 5.94. The van der Waals surface area contributed by atoms with Crippen molar-refractivity contribution in [3.05, 3.63) is 39.9 Å². The molecule has 7 nitrogen and oxygen atoms in total. The first-order chi connectivity index (χ1) is 10.6. The summed E-state index contributed by atoms with van der Waals surface area (Å²) in [6.45, 7) is 1.36. The summed E-state index contributed by atoms with van der Waals surface area (Å²) >= 11 is 0. The van der Waals surface area contributed by atoms with E-state index in [0.29, 0.717) is 0 Å². The summed E-state index contributed by atoms with van der Waals surface area (Å²) in [6.07, 6.45) is -5.90. The van der Waals surface area contributed by atoms with Crippen LogP contribution >= 0.6 is 0 Å². The van der Waals surface area contributed by atoms with Gasteiger partial charge in [0.25, 0.3) is 11.6 Å². The molecule has 1 N–H and O–H groups in total. The first-order valence-corrected chi connectivity index (χ1v) is 6.42. The normalized spacial score (nSPS) is 12.3. The molecule has 0 aliphatic rings. The Labute approximate surface area is 128 Å². The number of carbonyl (C=O) groups is 2. The quantitative estimate of drug-likeness (QED) is 0.488. The molecule has 0 heterocycles. The predicted octanol–water partition coefficient (Wildman–Crippen LogP) is 2.21. The average Bonchev–Trinajstić information content (AvgIpc) is 2.45. The summed E-state index contributed by atoms with van der Waals surface area (Å²) in [4.78, 5) is 32.8. The van der Waals surface area contributed by atoms with Gasteiger partial charge < -0.3 is 10.1 Å². The van der Waals surface area contributed by atoms with Gasteiger partial charge in [0, 0.05) is 17.7 Å². The maximum Gasteiger partial charge on any atom is 0.409 e. The molecule has 23 heavy (non-hydrogen) atoms. The van der Waals surface area contributed by atoms with E-state index in [0.717, 1.165) is 24.3 Å². The minimum Gasteiger partial charge on any atom is -0.466 e. The summed E-state index contributed by atoms with van der Waals surface area (Å²) in [6, 6.07) is 1.60. The minimum absolute atomic E-state index is 0.0836. The fourth-order valence-corrected chi connectivity index (χ4v) is 1.61. The first-order valence-electron chi connectivity index (χ1n) is 6.42. The molecular weight excluding hydrogens is 321 g/mol. The molecule has 0 radical (unpaired) electrons. The number of hydrogen-bond donors (Lipinski definition) is 1. The number of esters is 1. The molecule has 0 aliphatic carbocycles. The number of alkyl halides is 3. The molecule has 1 aromatic rings.